The minimum atomic E-state index is 0.316. The van der Waals surface area contributed by atoms with E-state index in [0.29, 0.717) is 12.1 Å². The quantitative estimate of drug-likeness (QED) is 0.567. The van der Waals surface area contributed by atoms with E-state index in [0.717, 1.165) is 51.6 Å². The van der Waals surface area contributed by atoms with Crippen molar-refractivity contribution in [2.75, 3.05) is 39.8 Å². The first-order valence-electron chi connectivity index (χ1n) is 9.13. The highest BCUT2D eigenvalue weighted by Crippen LogP contribution is 2.19. The molecule has 0 bridgehead atoms. The molecule has 24 heavy (non-hydrogen) atoms. The third-order valence-electron chi connectivity index (χ3n) is 4.65. The van der Waals surface area contributed by atoms with Crippen molar-refractivity contribution in [3.8, 4) is 0 Å². The lowest BCUT2D eigenvalue weighted by Crippen LogP contribution is -2.45. The summed E-state index contributed by atoms with van der Waals surface area (Å²) in [7, 11) is 1.82. The molecule has 2 N–H and O–H groups in total. The highest BCUT2D eigenvalue weighted by Gasteiger charge is 2.19. The van der Waals surface area contributed by atoms with E-state index >= 15 is 0 Å². The smallest absolute Gasteiger partial charge is 0.191 e. The molecule has 0 aromatic heterocycles. The molecule has 1 aliphatic rings. The van der Waals surface area contributed by atoms with Crippen LogP contribution in [0.5, 0.6) is 0 Å². The van der Waals surface area contributed by atoms with Crippen molar-refractivity contribution < 1.29 is 4.74 Å². The molecule has 134 valence electrons. The monoisotopic (exact) mass is 332 g/mol. The summed E-state index contributed by atoms with van der Waals surface area (Å²) in [4.78, 5) is 6.81. The zero-order valence-electron chi connectivity index (χ0n) is 15.3. The molecule has 2 atom stereocenters. The average molecular weight is 332 g/mol. The Morgan fingerprint density at radius 2 is 2.00 bits per heavy atom. The number of hydrogen-bond donors (Lipinski definition) is 2. The Balaban J connectivity index is 1.92. The number of guanidine groups is 1. The minimum Gasteiger partial charge on any atom is -0.376 e. The second kappa shape index (κ2) is 10.3. The summed E-state index contributed by atoms with van der Waals surface area (Å²) in [5, 5.41) is 6.87. The van der Waals surface area contributed by atoms with Gasteiger partial charge in [-0.15, -0.1) is 0 Å². The Bertz CT molecular complexity index is 481. The molecular weight excluding hydrogens is 300 g/mol. The van der Waals surface area contributed by atoms with Crippen LogP contribution in [0.4, 0.5) is 0 Å². The Labute approximate surface area is 146 Å². The van der Waals surface area contributed by atoms with Gasteiger partial charge in [-0.3, -0.25) is 9.89 Å². The van der Waals surface area contributed by atoms with E-state index in [1.165, 1.54) is 5.56 Å². The van der Waals surface area contributed by atoms with Gasteiger partial charge in [0.15, 0.2) is 5.96 Å². The van der Waals surface area contributed by atoms with E-state index in [1.54, 1.807) is 0 Å². The highest BCUT2D eigenvalue weighted by molar-refractivity contribution is 5.79. The van der Waals surface area contributed by atoms with Gasteiger partial charge in [0.1, 0.15) is 0 Å². The van der Waals surface area contributed by atoms with Crippen molar-refractivity contribution in [3.05, 3.63) is 35.9 Å². The summed E-state index contributed by atoms with van der Waals surface area (Å²) >= 11 is 0. The van der Waals surface area contributed by atoms with Crippen molar-refractivity contribution in [2.24, 2.45) is 4.99 Å². The van der Waals surface area contributed by atoms with Crippen LogP contribution in [0.3, 0.4) is 0 Å². The third-order valence-corrected chi connectivity index (χ3v) is 4.65. The molecule has 0 amide bonds. The van der Waals surface area contributed by atoms with Crippen molar-refractivity contribution in [1.29, 1.82) is 0 Å². The van der Waals surface area contributed by atoms with Crippen LogP contribution in [-0.4, -0.2) is 56.8 Å². The number of rotatable bonds is 8. The maximum atomic E-state index is 5.66. The highest BCUT2D eigenvalue weighted by atomic mass is 16.5. The van der Waals surface area contributed by atoms with Gasteiger partial charge in [0.2, 0.25) is 0 Å². The first-order chi connectivity index (χ1) is 11.8. The summed E-state index contributed by atoms with van der Waals surface area (Å²) in [6.45, 7) is 9.02. The van der Waals surface area contributed by atoms with Crippen LogP contribution < -0.4 is 10.6 Å². The van der Waals surface area contributed by atoms with Crippen molar-refractivity contribution >= 4 is 5.96 Å². The van der Waals surface area contributed by atoms with E-state index in [1.807, 2.05) is 7.05 Å². The van der Waals surface area contributed by atoms with Crippen molar-refractivity contribution in [2.45, 2.75) is 38.8 Å². The molecule has 1 aromatic carbocycles. The van der Waals surface area contributed by atoms with E-state index < -0.39 is 0 Å². The average Bonchev–Trinajstić information content (AvgIpc) is 3.15. The number of benzene rings is 1. The summed E-state index contributed by atoms with van der Waals surface area (Å²) in [6.07, 6.45) is 2.61. The van der Waals surface area contributed by atoms with Gasteiger partial charge < -0.3 is 15.4 Å². The van der Waals surface area contributed by atoms with Crippen LogP contribution in [-0.2, 0) is 4.74 Å². The number of likely N-dealkylation sites (N-methyl/N-ethyl adjacent to an activating group) is 1. The normalized spacial score (nSPS) is 19.5. The molecular formula is C19H32N4O. The molecule has 0 aliphatic carbocycles. The van der Waals surface area contributed by atoms with E-state index in [4.69, 9.17) is 4.74 Å². The van der Waals surface area contributed by atoms with Gasteiger partial charge in [0.25, 0.3) is 0 Å². The SMILES string of the molecule is CCN(CC)C(CNC(=NC)NCC1CCCO1)c1ccccc1. The van der Waals surface area contributed by atoms with E-state index in [2.05, 4.69) is 64.7 Å². The Morgan fingerprint density at radius 1 is 1.25 bits per heavy atom. The molecule has 1 fully saturated rings. The zero-order chi connectivity index (χ0) is 17.2. The fourth-order valence-electron chi connectivity index (χ4n) is 3.23. The molecule has 1 aromatic rings. The van der Waals surface area contributed by atoms with E-state index in [9.17, 15) is 0 Å². The second-order valence-electron chi connectivity index (χ2n) is 6.12. The molecule has 2 rings (SSSR count). The Hall–Kier alpha value is -1.59. The standard InChI is InChI=1S/C19H32N4O/c1-4-23(5-2)18(16-10-7-6-8-11-16)15-22-19(20-3)21-14-17-12-9-13-24-17/h6-8,10-11,17-18H,4-5,9,12-15H2,1-3H3,(H2,20,21,22). The Morgan fingerprint density at radius 3 is 2.58 bits per heavy atom. The van der Waals surface area contributed by atoms with Crippen LogP contribution in [0.2, 0.25) is 0 Å². The summed E-state index contributed by atoms with van der Waals surface area (Å²) < 4.78 is 5.66. The maximum absolute atomic E-state index is 5.66. The summed E-state index contributed by atoms with van der Waals surface area (Å²) in [5.74, 6) is 0.846. The summed E-state index contributed by atoms with van der Waals surface area (Å²) in [5.41, 5.74) is 1.34. The number of ether oxygens (including phenoxy) is 1. The fraction of sp³-hybridized carbons (Fsp3) is 0.632. The van der Waals surface area contributed by atoms with Gasteiger partial charge in [0, 0.05) is 26.7 Å². The predicted molar refractivity (Wildman–Crippen MR) is 100 cm³/mol. The fourth-order valence-corrected chi connectivity index (χ4v) is 3.23. The minimum absolute atomic E-state index is 0.316. The molecule has 1 saturated heterocycles. The van der Waals surface area contributed by atoms with Gasteiger partial charge in [-0.2, -0.15) is 0 Å². The summed E-state index contributed by atoms with van der Waals surface area (Å²) in [6, 6.07) is 11.0. The van der Waals surface area contributed by atoms with Gasteiger partial charge in [-0.25, -0.2) is 0 Å². The number of nitrogens with one attached hydrogen (secondary N) is 2. The molecule has 5 heteroatoms. The van der Waals surface area contributed by atoms with Gasteiger partial charge >= 0.3 is 0 Å². The van der Waals surface area contributed by atoms with Crippen molar-refractivity contribution in [1.82, 2.24) is 15.5 Å². The Kier molecular flexibility index (Phi) is 8.05. The van der Waals surface area contributed by atoms with Crippen molar-refractivity contribution in [3.63, 3.8) is 0 Å². The van der Waals surface area contributed by atoms with Gasteiger partial charge in [0.05, 0.1) is 12.1 Å². The number of nitrogens with zero attached hydrogens (tertiary/aromatic N) is 2. The molecule has 0 saturated carbocycles. The zero-order valence-corrected chi connectivity index (χ0v) is 15.3. The molecule has 1 aliphatic heterocycles. The lowest BCUT2D eigenvalue weighted by Gasteiger charge is -2.31. The van der Waals surface area contributed by atoms with E-state index in [-0.39, 0.29) is 0 Å². The van der Waals surface area contributed by atoms with Gasteiger partial charge in [-0.1, -0.05) is 44.2 Å². The van der Waals surface area contributed by atoms with Crippen LogP contribution in [0.1, 0.15) is 38.3 Å². The molecule has 5 nitrogen and oxygen atoms in total. The topological polar surface area (TPSA) is 48.9 Å². The van der Waals surface area contributed by atoms with Crippen LogP contribution in [0.15, 0.2) is 35.3 Å². The van der Waals surface area contributed by atoms with Crippen LogP contribution in [0.25, 0.3) is 0 Å². The molecule has 0 radical (unpaired) electrons. The molecule has 2 unspecified atom stereocenters. The van der Waals surface area contributed by atoms with Gasteiger partial charge in [-0.05, 0) is 31.5 Å². The molecule has 0 spiro atoms. The number of aliphatic imine (C=N–C) groups is 1. The number of hydrogen-bond acceptors (Lipinski definition) is 3. The second-order valence-corrected chi connectivity index (χ2v) is 6.12. The third kappa shape index (κ3) is 5.49. The lowest BCUT2D eigenvalue weighted by molar-refractivity contribution is 0.113. The maximum Gasteiger partial charge on any atom is 0.191 e. The lowest BCUT2D eigenvalue weighted by atomic mass is 10.1. The first-order valence-corrected chi connectivity index (χ1v) is 9.13. The van der Waals surface area contributed by atoms with Crippen LogP contribution in [0, 0.1) is 0 Å². The van der Waals surface area contributed by atoms with Crippen LogP contribution >= 0.6 is 0 Å². The first kappa shape index (κ1) is 18.7. The predicted octanol–water partition coefficient (Wildman–Crippen LogP) is 2.41. The largest absolute Gasteiger partial charge is 0.376 e. The molecule has 1 heterocycles.